The molecule has 3 aromatic rings. The molecule has 0 atom stereocenters. The van der Waals surface area contributed by atoms with Crippen molar-refractivity contribution in [2.45, 2.75) is 0 Å². The van der Waals surface area contributed by atoms with Gasteiger partial charge < -0.3 is 10.3 Å². The molecule has 5 nitrogen and oxygen atoms in total. The number of carbonyl (C=O) groups excluding carboxylic acids is 1. The second kappa shape index (κ2) is 6.63. The molecule has 0 spiro atoms. The van der Waals surface area contributed by atoms with E-state index in [1.54, 1.807) is 30.3 Å². The summed E-state index contributed by atoms with van der Waals surface area (Å²) in [5.74, 6) is -0.354. The van der Waals surface area contributed by atoms with Crippen molar-refractivity contribution >= 4 is 28.6 Å². The van der Waals surface area contributed by atoms with Crippen LogP contribution < -0.4 is 10.9 Å². The molecule has 116 valence electrons. The number of H-pyrrole nitrogens is 1. The van der Waals surface area contributed by atoms with Crippen molar-refractivity contribution in [2.24, 2.45) is 0 Å². The van der Waals surface area contributed by atoms with Crippen LogP contribution in [0.2, 0.25) is 0 Å². The molecule has 2 aromatic carbocycles. The van der Waals surface area contributed by atoms with Crippen LogP contribution in [-0.2, 0) is 4.79 Å². The molecule has 5 heteroatoms. The first-order valence-electron chi connectivity index (χ1n) is 7.27. The lowest BCUT2D eigenvalue weighted by atomic mass is 10.1. The molecular formula is C19H13N3O2. The van der Waals surface area contributed by atoms with E-state index in [1.165, 1.54) is 12.2 Å². The van der Waals surface area contributed by atoms with E-state index in [0.717, 1.165) is 10.9 Å². The number of hydrogen-bond acceptors (Lipinski definition) is 3. The van der Waals surface area contributed by atoms with Gasteiger partial charge in [0.1, 0.15) is 0 Å². The van der Waals surface area contributed by atoms with E-state index >= 15 is 0 Å². The minimum Gasteiger partial charge on any atom is -0.323 e. The number of amides is 1. The number of aromatic nitrogens is 1. The number of nitrogens with zero attached hydrogens (tertiary/aromatic N) is 1. The predicted molar refractivity (Wildman–Crippen MR) is 93.4 cm³/mol. The molecule has 1 heterocycles. The first-order valence-corrected chi connectivity index (χ1v) is 7.27. The van der Waals surface area contributed by atoms with E-state index in [1.807, 2.05) is 30.3 Å². The normalized spacial score (nSPS) is 10.6. The van der Waals surface area contributed by atoms with Crippen LogP contribution in [0.1, 0.15) is 11.1 Å². The average molecular weight is 315 g/mol. The van der Waals surface area contributed by atoms with Crippen LogP contribution in [0.4, 0.5) is 5.69 Å². The number of rotatable bonds is 3. The number of carbonyl (C=O) groups is 1. The van der Waals surface area contributed by atoms with E-state index in [9.17, 15) is 9.59 Å². The highest BCUT2D eigenvalue weighted by atomic mass is 16.1. The molecule has 2 N–H and O–H groups in total. The van der Waals surface area contributed by atoms with Crippen LogP contribution >= 0.6 is 0 Å². The number of hydrogen-bond donors (Lipinski definition) is 2. The van der Waals surface area contributed by atoms with Crippen LogP contribution in [0.3, 0.4) is 0 Å². The lowest BCUT2D eigenvalue weighted by molar-refractivity contribution is -0.111. The predicted octanol–water partition coefficient (Wildman–Crippen LogP) is 3.05. The summed E-state index contributed by atoms with van der Waals surface area (Å²) >= 11 is 0. The fraction of sp³-hybridized carbons (Fsp3) is 0. The molecule has 24 heavy (non-hydrogen) atoms. The Bertz CT molecular complexity index is 1020. The SMILES string of the molecule is N#Cc1ccc(NC(=O)/C=C/c2cc3ccccc3[nH]c2=O)cc1. The van der Waals surface area contributed by atoms with E-state index < -0.39 is 0 Å². The summed E-state index contributed by atoms with van der Waals surface area (Å²) < 4.78 is 0. The molecular weight excluding hydrogens is 302 g/mol. The Labute approximate surface area is 137 Å². The lowest BCUT2D eigenvalue weighted by Crippen LogP contribution is -2.11. The van der Waals surface area contributed by atoms with Crippen LogP contribution in [0.5, 0.6) is 0 Å². The maximum Gasteiger partial charge on any atom is 0.255 e. The molecule has 0 fully saturated rings. The topological polar surface area (TPSA) is 85.8 Å². The molecule has 0 bridgehead atoms. The number of nitrogens with one attached hydrogen (secondary N) is 2. The maximum absolute atomic E-state index is 12.0. The van der Waals surface area contributed by atoms with Crippen LogP contribution in [0.25, 0.3) is 17.0 Å². The third-order valence-corrected chi connectivity index (χ3v) is 3.48. The Kier molecular flexibility index (Phi) is 4.21. The van der Waals surface area contributed by atoms with Gasteiger partial charge in [0.25, 0.3) is 5.56 Å². The summed E-state index contributed by atoms with van der Waals surface area (Å²) in [4.78, 5) is 26.7. The van der Waals surface area contributed by atoms with Gasteiger partial charge in [-0.1, -0.05) is 18.2 Å². The number of para-hydroxylation sites is 1. The fourth-order valence-corrected chi connectivity index (χ4v) is 2.27. The largest absolute Gasteiger partial charge is 0.323 e. The highest BCUT2D eigenvalue weighted by molar-refractivity contribution is 6.02. The Hall–Kier alpha value is -3.65. The third-order valence-electron chi connectivity index (χ3n) is 3.48. The van der Waals surface area contributed by atoms with Gasteiger partial charge in [0.15, 0.2) is 0 Å². The molecule has 0 aliphatic heterocycles. The minimum atomic E-state index is -0.354. The summed E-state index contributed by atoms with van der Waals surface area (Å²) in [5, 5.41) is 12.3. The van der Waals surface area contributed by atoms with Gasteiger partial charge in [-0.3, -0.25) is 9.59 Å². The van der Waals surface area contributed by atoms with Gasteiger partial charge >= 0.3 is 0 Å². The zero-order chi connectivity index (χ0) is 16.9. The smallest absolute Gasteiger partial charge is 0.255 e. The van der Waals surface area contributed by atoms with Gasteiger partial charge in [0.05, 0.1) is 11.6 Å². The van der Waals surface area contributed by atoms with Crippen LogP contribution in [-0.4, -0.2) is 10.9 Å². The fourth-order valence-electron chi connectivity index (χ4n) is 2.27. The highest BCUT2D eigenvalue weighted by Crippen LogP contribution is 2.11. The molecule has 0 aliphatic rings. The molecule has 1 amide bonds. The highest BCUT2D eigenvalue weighted by Gasteiger charge is 2.02. The van der Waals surface area contributed by atoms with Crippen molar-refractivity contribution in [3.05, 3.63) is 82.2 Å². The zero-order valence-corrected chi connectivity index (χ0v) is 12.6. The standard InChI is InChI=1S/C19H13N3O2/c20-12-13-5-8-16(9-6-13)21-18(23)10-7-15-11-14-3-1-2-4-17(14)22-19(15)24/h1-11H,(H,21,23)(H,22,24)/b10-7+. The summed E-state index contributed by atoms with van der Waals surface area (Å²) in [7, 11) is 0. The molecule has 0 saturated heterocycles. The van der Waals surface area contributed by atoms with Gasteiger partial charge in [-0.2, -0.15) is 5.26 Å². The number of nitriles is 1. The molecule has 0 radical (unpaired) electrons. The van der Waals surface area contributed by atoms with E-state index in [-0.39, 0.29) is 11.5 Å². The number of anilines is 1. The first-order chi connectivity index (χ1) is 11.7. The van der Waals surface area contributed by atoms with Crippen molar-refractivity contribution in [1.29, 1.82) is 5.26 Å². The van der Waals surface area contributed by atoms with Gasteiger partial charge in [0.2, 0.25) is 5.91 Å². The lowest BCUT2D eigenvalue weighted by Gasteiger charge is -2.02. The van der Waals surface area contributed by atoms with Gasteiger partial charge in [0, 0.05) is 22.8 Å². The summed E-state index contributed by atoms with van der Waals surface area (Å²) in [6.07, 6.45) is 2.78. The summed E-state index contributed by atoms with van der Waals surface area (Å²) in [5.41, 5.74) is 2.00. The summed E-state index contributed by atoms with van der Waals surface area (Å²) in [6, 6.07) is 17.7. The van der Waals surface area contributed by atoms with Crippen LogP contribution in [0, 0.1) is 11.3 Å². The average Bonchev–Trinajstić information content (AvgIpc) is 2.60. The van der Waals surface area contributed by atoms with E-state index in [2.05, 4.69) is 10.3 Å². The number of pyridine rings is 1. The minimum absolute atomic E-state index is 0.254. The molecule has 3 rings (SSSR count). The second-order valence-electron chi connectivity index (χ2n) is 5.15. The quantitative estimate of drug-likeness (QED) is 0.728. The third kappa shape index (κ3) is 3.39. The second-order valence-corrected chi connectivity index (χ2v) is 5.15. The van der Waals surface area contributed by atoms with Crippen molar-refractivity contribution in [1.82, 2.24) is 4.98 Å². The van der Waals surface area contributed by atoms with Crippen molar-refractivity contribution in [3.63, 3.8) is 0 Å². The molecule has 0 saturated carbocycles. The van der Waals surface area contributed by atoms with Gasteiger partial charge in [-0.05, 0) is 47.9 Å². The monoisotopic (exact) mass is 315 g/mol. The van der Waals surface area contributed by atoms with Gasteiger partial charge in [-0.25, -0.2) is 0 Å². The zero-order valence-electron chi connectivity index (χ0n) is 12.6. The van der Waals surface area contributed by atoms with E-state index in [0.29, 0.717) is 16.8 Å². The Balaban J connectivity index is 1.77. The molecule has 0 aliphatic carbocycles. The first kappa shape index (κ1) is 15.3. The van der Waals surface area contributed by atoms with Crippen molar-refractivity contribution < 1.29 is 4.79 Å². The molecule has 1 aromatic heterocycles. The number of fused-ring (bicyclic) bond motifs is 1. The Morgan fingerprint density at radius 3 is 2.62 bits per heavy atom. The summed E-state index contributed by atoms with van der Waals surface area (Å²) in [6.45, 7) is 0. The Morgan fingerprint density at radius 1 is 1.12 bits per heavy atom. The van der Waals surface area contributed by atoms with Gasteiger partial charge in [-0.15, -0.1) is 0 Å². The number of benzene rings is 2. The molecule has 0 unspecified atom stereocenters. The van der Waals surface area contributed by atoms with Crippen molar-refractivity contribution in [3.8, 4) is 6.07 Å². The van der Waals surface area contributed by atoms with E-state index in [4.69, 9.17) is 5.26 Å². The Morgan fingerprint density at radius 2 is 1.88 bits per heavy atom. The van der Waals surface area contributed by atoms with Crippen molar-refractivity contribution in [2.75, 3.05) is 5.32 Å². The maximum atomic E-state index is 12.0. The van der Waals surface area contributed by atoms with Crippen LogP contribution in [0.15, 0.2) is 65.5 Å². The number of aromatic amines is 1.